The van der Waals surface area contributed by atoms with E-state index in [0.717, 1.165) is 87.6 Å². The Morgan fingerprint density at radius 1 is 0.333 bits per heavy atom. The third kappa shape index (κ3) is 4.53. The second kappa shape index (κ2) is 11.3. The number of rotatable bonds is 0. The Kier molecular flexibility index (Phi) is 6.13. The van der Waals surface area contributed by atoms with E-state index in [9.17, 15) is 0 Å². The van der Waals surface area contributed by atoms with Gasteiger partial charge in [0.15, 0.2) is 47.0 Å². The van der Waals surface area contributed by atoms with E-state index in [1.165, 1.54) is 0 Å². The molecule has 5 aliphatic rings. The van der Waals surface area contributed by atoms with Gasteiger partial charge in [-0.15, -0.1) is 0 Å². The molecule has 5 heterocycles. The van der Waals surface area contributed by atoms with Crippen LogP contribution in [0.1, 0.15) is 50.7 Å². The maximum atomic E-state index is 7.52. The Morgan fingerprint density at radius 3 is 1.07 bits per heavy atom. The normalized spacial score (nSPS) is 17.4. The molecule has 0 amide bonds. The SMILES string of the molecule is ClN1C2=NC(=NC3=NC(=NC4N=C(N=C5N=C1c1cc6ccccc6cc15)c1cc5ccccc5cc14)c1cc4ccccc4cc13)c1cc3ccccc3cc12. The average Bonchev–Trinajstić information content (AvgIpc) is 3.98. The van der Waals surface area contributed by atoms with Gasteiger partial charge >= 0.3 is 0 Å². The highest BCUT2D eigenvalue weighted by molar-refractivity contribution is 6.44. The molecule has 57 heavy (non-hydrogen) atoms. The summed E-state index contributed by atoms with van der Waals surface area (Å²) in [7, 11) is 0. The van der Waals surface area contributed by atoms with Gasteiger partial charge in [0, 0.05) is 56.3 Å². The predicted octanol–water partition coefficient (Wildman–Crippen LogP) is 10.1. The van der Waals surface area contributed by atoms with Crippen molar-refractivity contribution in [3.8, 4) is 0 Å². The molecule has 1 atom stereocenters. The summed E-state index contributed by atoms with van der Waals surface area (Å²) < 4.78 is 1.56. The molecule has 0 saturated heterocycles. The molecule has 5 aliphatic heterocycles. The van der Waals surface area contributed by atoms with Crippen molar-refractivity contribution in [3.63, 3.8) is 0 Å². The Labute approximate surface area is 330 Å². The standard InChI is InChI=1S/C48H25ClN8/c49-57-47-39-23-31-15-7-5-13-29(31)21-37(39)45(55-47)53-43-35-19-27-11-3-1-9-25(27)17-33(35)41(51-43)50-42-34-18-26-10-2-4-12-28(26)20-36(34)44(52-42)54-46-38-22-30-14-6-8-16-32(30)24-40(38)48(57)56-46/h1-24,41H. The highest BCUT2D eigenvalue weighted by Gasteiger charge is 2.36. The molecule has 13 rings (SSSR count). The van der Waals surface area contributed by atoms with Crippen LogP contribution in [0.3, 0.4) is 0 Å². The van der Waals surface area contributed by atoms with E-state index >= 15 is 0 Å². The van der Waals surface area contributed by atoms with Gasteiger partial charge in [0.25, 0.3) is 0 Å². The Morgan fingerprint density at radius 2 is 0.632 bits per heavy atom. The number of fused-ring (bicyclic) bond motifs is 20. The Hall–Kier alpha value is -7.42. The minimum absolute atomic E-state index is 0.506. The van der Waals surface area contributed by atoms with Crippen molar-refractivity contribution in [2.75, 3.05) is 0 Å². The highest BCUT2D eigenvalue weighted by atomic mass is 35.5. The van der Waals surface area contributed by atoms with Crippen LogP contribution >= 0.6 is 11.8 Å². The van der Waals surface area contributed by atoms with Crippen LogP contribution in [-0.2, 0) is 0 Å². The van der Waals surface area contributed by atoms with Gasteiger partial charge in [-0.2, -0.15) is 0 Å². The smallest absolute Gasteiger partial charge is 0.170 e. The second-order valence-electron chi connectivity index (χ2n) is 14.8. The second-order valence-corrected chi connectivity index (χ2v) is 15.1. The van der Waals surface area contributed by atoms with Crippen molar-refractivity contribution in [1.82, 2.24) is 4.42 Å². The molecule has 0 spiro atoms. The number of amidine groups is 7. The molecule has 8 aromatic carbocycles. The van der Waals surface area contributed by atoms with Crippen LogP contribution in [0, 0.1) is 0 Å². The van der Waals surface area contributed by atoms with E-state index in [2.05, 4.69) is 97.1 Å². The average molecular weight is 749 g/mol. The number of halogens is 1. The quantitative estimate of drug-likeness (QED) is 0.142. The summed E-state index contributed by atoms with van der Waals surface area (Å²) in [6.07, 6.45) is -0.601. The molecule has 8 aromatic rings. The number of hydrogen-bond donors (Lipinski definition) is 0. The van der Waals surface area contributed by atoms with Gasteiger partial charge in [-0.05, 0) is 91.6 Å². The molecular weight excluding hydrogens is 724 g/mol. The molecule has 9 heteroatoms. The molecule has 8 bridgehead atoms. The van der Waals surface area contributed by atoms with E-state index in [1.54, 1.807) is 4.42 Å². The lowest BCUT2D eigenvalue weighted by Gasteiger charge is -2.17. The van der Waals surface area contributed by atoms with Crippen LogP contribution in [0.4, 0.5) is 0 Å². The highest BCUT2D eigenvalue weighted by Crippen LogP contribution is 2.39. The van der Waals surface area contributed by atoms with Gasteiger partial charge in [0.1, 0.15) is 0 Å². The zero-order valence-corrected chi connectivity index (χ0v) is 30.6. The summed E-state index contributed by atoms with van der Waals surface area (Å²) in [5, 5.41) is 8.62. The first-order valence-corrected chi connectivity index (χ1v) is 19.1. The summed E-state index contributed by atoms with van der Waals surface area (Å²) in [4.78, 5) is 36.7. The van der Waals surface area contributed by atoms with Gasteiger partial charge in [-0.1, -0.05) is 97.1 Å². The molecule has 0 radical (unpaired) electrons. The van der Waals surface area contributed by atoms with Crippen LogP contribution in [0.15, 0.2) is 181 Å². The van der Waals surface area contributed by atoms with Crippen LogP contribution in [0.25, 0.3) is 43.1 Å². The van der Waals surface area contributed by atoms with Crippen molar-refractivity contribution in [2.24, 2.45) is 34.9 Å². The van der Waals surface area contributed by atoms with Gasteiger partial charge in [0.05, 0.1) is 0 Å². The van der Waals surface area contributed by atoms with Crippen LogP contribution in [0.2, 0.25) is 0 Å². The van der Waals surface area contributed by atoms with Crippen LogP contribution in [-0.4, -0.2) is 45.3 Å². The van der Waals surface area contributed by atoms with E-state index < -0.39 is 6.17 Å². The summed E-state index contributed by atoms with van der Waals surface area (Å²) >= 11 is 7.52. The monoisotopic (exact) mass is 748 g/mol. The first-order valence-electron chi connectivity index (χ1n) is 18.8. The van der Waals surface area contributed by atoms with E-state index in [0.29, 0.717) is 40.8 Å². The lowest BCUT2D eigenvalue weighted by atomic mass is 9.99. The molecule has 0 saturated carbocycles. The minimum Gasteiger partial charge on any atom is -0.234 e. The van der Waals surface area contributed by atoms with Crippen molar-refractivity contribution >= 4 is 95.7 Å². The fourth-order valence-electron chi connectivity index (χ4n) is 8.67. The third-order valence-electron chi connectivity index (χ3n) is 11.5. The fraction of sp³-hybridized carbons (Fsp3) is 0.0208. The first kappa shape index (κ1) is 30.9. The molecule has 0 N–H and O–H groups in total. The van der Waals surface area contributed by atoms with Crippen molar-refractivity contribution < 1.29 is 0 Å². The van der Waals surface area contributed by atoms with Gasteiger partial charge in [-0.25, -0.2) is 39.4 Å². The number of nitrogens with zero attached hydrogens (tertiary/aromatic N) is 8. The molecule has 8 nitrogen and oxygen atoms in total. The zero-order chi connectivity index (χ0) is 37.4. The van der Waals surface area contributed by atoms with Gasteiger partial charge < -0.3 is 0 Å². The number of benzene rings is 8. The first-order chi connectivity index (χ1) is 28.1. The van der Waals surface area contributed by atoms with Crippen LogP contribution < -0.4 is 0 Å². The lowest BCUT2D eigenvalue weighted by Crippen LogP contribution is -2.28. The Bertz CT molecular complexity index is 3440. The summed E-state index contributed by atoms with van der Waals surface area (Å²) in [6, 6.07) is 50.3. The van der Waals surface area contributed by atoms with Crippen molar-refractivity contribution in [3.05, 3.63) is 190 Å². The third-order valence-corrected chi connectivity index (χ3v) is 11.8. The zero-order valence-electron chi connectivity index (χ0n) is 29.9. The number of hydrogen-bond acceptors (Lipinski definition) is 8. The maximum absolute atomic E-state index is 7.52. The molecule has 0 aliphatic carbocycles. The van der Waals surface area contributed by atoms with Crippen molar-refractivity contribution in [2.45, 2.75) is 6.17 Å². The summed E-state index contributed by atoms with van der Waals surface area (Å²) in [5.41, 5.74) is 7.02. The van der Waals surface area contributed by atoms with E-state index in [4.69, 9.17) is 46.7 Å². The molecule has 0 aromatic heterocycles. The fourth-order valence-corrected chi connectivity index (χ4v) is 8.93. The Balaban J connectivity index is 1.12. The largest absolute Gasteiger partial charge is 0.234 e. The topological polar surface area (TPSA) is 89.8 Å². The predicted molar refractivity (Wildman–Crippen MR) is 232 cm³/mol. The lowest BCUT2D eigenvalue weighted by molar-refractivity contribution is 0.797. The van der Waals surface area contributed by atoms with Gasteiger partial charge in [0.2, 0.25) is 0 Å². The van der Waals surface area contributed by atoms with Crippen LogP contribution in [0.5, 0.6) is 0 Å². The molecule has 264 valence electrons. The molecule has 0 fully saturated rings. The van der Waals surface area contributed by atoms with Crippen molar-refractivity contribution in [1.29, 1.82) is 0 Å². The maximum Gasteiger partial charge on any atom is 0.170 e. The van der Waals surface area contributed by atoms with Gasteiger partial charge in [-0.3, -0.25) is 0 Å². The summed E-state index contributed by atoms with van der Waals surface area (Å²) in [5.74, 6) is 3.69. The van der Waals surface area contributed by atoms with E-state index in [-0.39, 0.29) is 0 Å². The molecular formula is C48H25ClN8. The molecule has 1 unspecified atom stereocenters. The van der Waals surface area contributed by atoms with E-state index in [1.807, 2.05) is 48.5 Å². The summed E-state index contributed by atoms with van der Waals surface area (Å²) in [6.45, 7) is 0. The number of aliphatic imine (C=N–C) groups is 7. The minimum atomic E-state index is -0.601.